The van der Waals surface area contributed by atoms with Gasteiger partial charge in [0.1, 0.15) is 17.2 Å². The minimum atomic E-state index is 0.322. The van der Waals surface area contributed by atoms with E-state index in [0.29, 0.717) is 17.2 Å². The van der Waals surface area contributed by atoms with Gasteiger partial charge in [0.15, 0.2) is 0 Å². The number of ether oxygens (including phenoxy) is 2. The highest BCUT2D eigenvalue weighted by atomic mass is 16.5. The van der Waals surface area contributed by atoms with Crippen LogP contribution in [-0.4, -0.2) is 19.3 Å². The maximum Gasteiger partial charge on any atom is 0.142 e. The maximum absolute atomic E-state index is 8.63. The van der Waals surface area contributed by atoms with Crippen LogP contribution in [0.5, 0.6) is 17.2 Å². The van der Waals surface area contributed by atoms with E-state index in [1.165, 1.54) is 0 Å². The van der Waals surface area contributed by atoms with E-state index >= 15 is 0 Å². The van der Waals surface area contributed by atoms with Crippen molar-refractivity contribution in [2.24, 2.45) is 0 Å². The lowest BCUT2D eigenvalue weighted by atomic mass is 10.3. The number of phenolic OH excluding ortho intramolecular Hbond substituents is 1. The van der Waals surface area contributed by atoms with Crippen LogP contribution in [0.3, 0.4) is 0 Å². The van der Waals surface area contributed by atoms with Gasteiger partial charge in [0.2, 0.25) is 0 Å². The van der Waals surface area contributed by atoms with Gasteiger partial charge in [-0.3, -0.25) is 0 Å². The average Bonchev–Trinajstić information content (AvgIpc) is 2.40. The minimum Gasteiger partial charge on any atom is -0.508 e. The van der Waals surface area contributed by atoms with E-state index in [-0.39, 0.29) is 0 Å². The monoisotopic (exact) mass is 247 g/mol. The molecule has 0 unspecified atom stereocenters. The molecule has 2 aromatic rings. The zero-order valence-corrected chi connectivity index (χ0v) is 10.5. The Kier molecular flexibility index (Phi) is 5.38. The molecular formula is C14H17NO3. The van der Waals surface area contributed by atoms with Gasteiger partial charge in [0.05, 0.1) is 19.9 Å². The fourth-order valence-corrected chi connectivity index (χ4v) is 1.27. The standard InChI is InChI=1S/C8H11NO2.C6H6O/c1-10-6-3-4-8(11-2)7(9)5-6;7-6-4-2-1-3-5-6/h3-5H,9H2,1-2H3;1-5,7H. The summed E-state index contributed by atoms with van der Waals surface area (Å²) in [5.41, 5.74) is 6.19. The molecule has 2 rings (SSSR count). The molecule has 0 spiro atoms. The number of nitrogen functional groups attached to an aromatic ring is 1. The Labute approximate surface area is 107 Å². The Hall–Kier alpha value is -2.36. The number of hydrogen-bond donors (Lipinski definition) is 2. The lowest BCUT2D eigenvalue weighted by molar-refractivity contribution is 0.405. The quantitative estimate of drug-likeness (QED) is 0.801. The van der Waals surface area contributed by atoms with Gasteiger partial charge in [-0.2, -0.15) is 0 Å². The molecule has 0 bridgehead atoms. The number of methoxy groups -OCH3 is 2. The summed E-state index contributed by atoms with van der Waals surface area (Å²) in [4.78, 5) is 0. The van der Waals surface area contributed by atoms with E-state index < -0.39 is 0 Å². The topological polar surface area (TPSA) is 64.7 Å². The normalized spacial score (nSPS) is 9.00. The van der Waals surface area contributed by atoms with Gasteiger partial charge in [-0.25, -0.2) is 0 Å². The molecule has 0 saturated heterocycles. The third kappa shape index (κ3) is 4.25. The summed E-state index contributed by atoms with van der Waals surface area (Å²) in [6.07, 6.45) is 0. The Morgan fingerprint density at radius 2 is 1.61 bits per heavy atom. The van der Waals surface area contributed by atoms with E-state index in [4.69, 9.17) is 20.3 Å². The van der Waals surface area contributed by atoms with E-state index in [1.807, 2.05) is 6.07 Å². The molecule has 3 N–H and O–H groups in total. The molecule has 0 aromatic heterocycles. The summed E-state index contributed by atoms with van der Waals surface area (Å²) in [5.74, 6) is 1.73. The van der Waals surface area contributed by atoms with Crippen molar-refractivity contribution in [1.29, 1.82) is 0 Å². The number of para-hydroxylation sites is 1. The van der Waals surface area contributed by atoms with Crippen LogP contribution in [0.2, 0.25) is 0 Å². The average molecular weight is 247 g/mol. The first-order chi connectivity index (χ1) is 8.67. The van der Waals surface area contributed by atoms with Crippen molar-refractivity contribution in [3.8, 4) is 17.2 Å². The molecule has 4 heteroatoms. The molecule has 0 heterocycles. The number of phenols is 1. The SMILES string of the molecule is COc1ccc(OC)c(N)c1.Oc1ccccc1. The summed E-state index contributed by atoms with van der Waals surface area (Å²) in [5, 5.41) is 8.63. The molecular weight excluding hydrogens is 230 g/mol. The molecule has 0 aliphatic rings. The molecule has 0 fully saturated rings. The van der Waals surface area contributed by atoms with E-state index in [1.54, 1.807) is 56.7 Å². The molecule has 0 atom stereocenters. The summed E-state index contributed by atoms with van der Waals surface area (Å²) >= 11 is 0. The van der Waals surface area contributed by atoms with Crippen molar-refractivity contribution < 1.29 is 14.6 Å². The highest BCUT2D eigenvalue weighted by molar-refractivity contribution is 5.55. The third-order valence-corrected chi connectivity index (χ3v) is 2.19. The van der Waals surface area contributed by atoms with Crippen LogP contribution in [0.15, 0.2) is 48.5 Å². The van der Waals surface area contributed by atoms with E-state index in [0.717, 1.165) is 5.75 Å². The number of benzene rings is 2. The van der Waals surface area contributed by atoms with Crippen molar-refractivity contribution in [2.75, 3.05) is 20.0 Å². The van der Waals surface area contributed by atoms with E-state index in [9.17, 15) is 0 Å². The number of anilines is 1. The van der Waals surface area contributed by atoms with Gasteiger partial charge in [-0.15, -0.1) is 0 Å². The fourth-order valence-electron chi connectivity index (χ4n) is 1.27. The number of rotatable bonds is 2. The molecule has 0 aliphatic carbocycles. The van der Waals surface area contributed by atoms with Gasteiger partial charge in [-0.1, -0.05) is 18.2 Å². The molecule has 0 radical (unpaired) electrons. The predicted molar refractivity (Wildman–Crippen MR) is 72.1 cm³/mol. The Morgan fingerprint density at radius 3 is 2.00 bits per heavy atom. The first kappa shape index (κ1) is 13.7. The zero-order valence-electron chi connectivity index (χ0n) is 10.5. The molecule has 0 aliphatic heterocycles. The molecule has 96 valence electrons. The number of aromatic hydroxyl groups is 1. The minimum absolute atomic E-state index is 0.322. The number of hydrogen-bond acceptors (Lipinski definition) is 4. The van der Waals surface area contributed by atoms with Crippen molar-refractivity contribution in [2.45, 2.75) is 0 Å². The van der Waals surface area contributed by atoms with Crippen LogP contribution < -0.4 is 15.2 Å². The second kappa shape index (κ2) is 7.06. The third-order valence-electron chi connectivity index (χ3n) is 2.19. The zero-order chi connectivity index (χ0) is 13.4. The summed E-state index contributed by atoms with van der Waals surface area (Å²) < 4.78 is 9.92. The second-order valence-electron chi connectivity index (χ2n) is 3.44. The Balaban J connectivity index is 0.000000199. The van der Waals surface area contributed by atoms with Crippen LogP contribution in [-0.2, 0) is 0 Å². The maximum atomic E-state index is 8.63. The summed E-state index contributed by atoms with van der Waals surface area (Å²) in [7, 11) is 3.18. The molecule has 18 heavy (non-hydrogen) atoms. The molecule has 2 aromatic carbocycles. The highest BCUT2D eigenvalue weighted by Gasteiger charge is 1.98. The van der Waals surface area contributed by atoms with Crippen LogP contribution in [0, 0.1) is 0 Å². The smallest absolute Gasteiger partial charge is 0.142 e. The predicted octanol–water partition coefficient (Wildman–Crippen LogP) is 2.68. The molecule has 4 nitrogen and oxygen atoms in total. The van der Waals surface area contributed by atoms with Gasteiger partial charge in [0.25, 0.3) is 0 Å². The largest absolute Gasteiger partial charge is 0.508 e. The van der Waals surface area contributed by atoms with Crippen LogP contribution >= 0.6 is 0 Å². The van der Waals surface area contributed by atoms with Gasteiger partial charge >= 0.3 is 0 Å². The van der Waals surface area contributed by atoms with Crippen molar-refractivity contribution in [3.63, 3.8) is 0 Å². The number of nitrogens with two attached hydrogens (primary N) is 1. The lowest BCUT2D eigenvalue weighted by Crippen LogP contribution is -1.92. The van der Waals surface area contributed by atoms with Gasteiger partial charge < -0.3 is 20.3 Å². The Morgan fingerprint density at radius 1 is 0.944 bits per heavy atom. The summed E-state index contributed by atoms with van der Waals surface area (Å²) in [6.45, 7) is 0. The molecule has 0 amide bonds. The van der Waals surface area contributed by atoms with Crippen LogP contribution in [0.1, 0.15) is 0 Å². The van der Waals surface area contributed by atoms with E-state index in [2.05, 4.69) is 0 Å². The van der Waals surface area contributed by atoms with Gasteiger partial charge in [0, 0.05) is 6.07 Å². The van der Waals surface area contributed by atoms with Crippen molar-refractivity contribution in [3.05, 3.63) is 48.5 Å². The second-order valence-corrected chi connectivity index (χ2v) is 3.44. The summed E-state index contributed by atoms with van der Waals surface area (Å²) in [6, 6.07) is 14.0. The van der Waals surface area contributed by atoms with Gasteiger partial charge in [-0.05, 0) is 24.3 Å². The van der Waals surface area contributed by atoms with Crippen molar-refractivity contribution >= 4 is 5.69 Å². The van der Waals surface area contributed by atoms with Crippen LogP contribution in [0.25, 0.3) is 0 Å². The Bertz CT molecular complexity index is 472. The first-order valence-corrected chi connectivity index (χ1v) is 5.39. The highest BCUT2D eigenvalue weighted by Crippen LogP contribution is 2.25. The van der Waals surface area contributed by atoms with Crippen LogP contribution in [0.4, 0.5) is 5.69 Å². The first-order valence-electron chi connectivity index (χ1n) is 5.39. The molecule has 0 saturated carbocycles. The van der Waals surface area contributed by atoms with Crippen molar-refractivity contribution in [1.82, 2.24) is 0 Å². The lowest BCUT2D eigenvalue weighted by Gasteiger charge is -2.05. The fraction of sp³-hybridized carbons (Fsp3) is 0.143.